The lowest BCUT2D eigenvalue weighted by Gasteiger charge is -2.06. The van der Waals surface area contributed by atoms with Gasteiger partial charge in [-0.2, -0.15) is 4.57 Å². The summed E-state index contributed by atoms with van der Waals surface area (Å²) in [6.45, 7) is 5.75. The minimum atomic E-state index is 1.16. The summed E-state index contributed by atoms with van der Waals surface area (Å²) in [4.78, 5) is 0. The molecule has 1 aromatic heterocycles. The molecule has 2 nitrogen and oxygen atoms in total. The van der Waals surface area contributed by atoms with Crippen LogP contribution in [-0.2, 0) is 13.0 Å². The molecule has 1 heterocycles. The topological polar surface area (TPSA) is 8.81 Å². The first-order chi connectivity index (χ1) is 15.9. The maximum atomic E-state index is 2.52. The smallest absolute Gasteiger partial charge is 0.234 e. The van der Waals surface area contributed by atoms with Gasteiger partial charge in [-0.25, -0.2) is 4.57 Å². The molecule has 0 unspecified atom stereocenters. The fourth-order valence-corrected chi connectivity index (χ4v) is 4.76. The van der Waals surface area contributed by atoms with Crippen molar-refractivity contribution >= 4 is 0 Å². The molecule has 0 radical (unpaired) electrons. The first kappa shape index (κ1) is 26.7. The number of hydrogen-bond donors (Lipinski definition) is 0. The highest BCUT2D eigenvalue weighted by atomic mass is 15.1. The molecule has 0 spiro atoms. The largest absolute Gasteiger partial charge is 0.261 e. The lowest BCUT2D eigenvalue weighted by atomic mass is 10.0. The molecule has 0 atom stereocenters. The Morgan fingerprint density at radius 1 is 0.594 bits per heavy atom. The van der Waals surface area contributed by atoms with Gasteiger partial charge in [0.2, 0.25) is 0 Å². The molecule has 180 valence electrons. The van der Waals surface area contributed by atoms with Gasteiger partial charge in [0.1, 0.15) is 18.1 Å². The zero-order valence-corrected chi connectivity index (χ0v) is 21.4. The molecule has 0 saturated carbocycles. The minimum Gasteiger partial charge on any atom is -0.234 e. The van der Waals surface area contributed by atoms with Gasteiger partial charge in [0.15, 0.2) is 0 Å². The molecule has 2 heteroatoms. The molecule has 0 N–H and O–H groups in total. The number of rotatable bonds is 20. The van der Waals surface area contributed by atoms with E-state index in [1.165, 1.54) is 127 Å². The van der Waals surface area contributed by atoms with Crippen LogP contribution in [0.15, 0.2) is 42.7 Å². The predicted molar refractivity (Wildman–Crippen MR) is 140 cm³/mol. The summed E-state index contributed by atoms with van der Waals surface area (Å²) in [7, 11) is 0. The second kappa shape index (κ2) is 17.9. The fraction of sp³-hybridized carbons (Fsp3) is 0.700. The summed E-state index contributed by atoms with van der Waals surface area (Å²) in [5, 5.41) is 0. The molecule has 0 amide bonds. The van der Waals surface area contributed by atoms with Gasteiger partial charge in [0.25, 0.3) is 5.82 Å². The molecule has 0 saturated heterocycles. The Morgan fingerprint density at radius 2 is 1.09 bits per heavy atom. The van der Waals surface area contributed by atoms with Crippen LogP contribution in [0.5, 0.6) is 0 Å². The molecule has 2 aromatic rings. The average molecular weight is 440 g/mol. The summed E-state index contributed by atoms with van der Waals surface area (Å²) < 4.78 is 4.93. The van der Waals surface area contributed by atoms with E-state index in [2.05, 4.69) is 65.7 Å². The van der Waals surface area contributed by atoms with Gasteiger partial charge in [-0.15, -0.1) is 0 Å². The SMILES string of the molecule is CCCCCCCCCCCCCCCc1n(-c2ccccc2)cc[n+]1CCCCCC. The van der Waals surface area contributed by atoms with Crippen LogP contribution < -0.4 is 4.57 Å². The molecule has 0 aliphatic carbocycles. The van der Waals surface area contributed by atoms with Gasteiger partial charge in [0.05, 0.1) is 6.54 Å². The van der Waals surface area contributed by atoms with Crippen molar-refractivity contribution in [3.05, 3.63) is 48.5 Å². The van der Waals surface area contributed by atoms with E-state index in [9.17, 15) is 0 Å². The van der Waals surface area contributed by atoms with Gasteiger partial charge in [-0.05, 0) is 31.4 Å². The maximum absolute atomic E-state index is 2.52. The molecule has 2 rings (SSSR count). The Labute approximate surface area is 199 Å². The lowest BCUT2D eigenvalue weighted by Crippen LogP contribution is -2.37. The highest BCUT2D eigenvalue weighted by Gasteiger charge is 2.18. The van der Waals surface area contributed by atoms with Gasteiger partial charge >= 0.3 is 0 Å². The number of para-hydroxylation sites is 1. The van der Waals surface area contributed by atoms with Crippen LogP contribution in [0.1, 0.15) is 129 Å². The Morgan fingerprint density at radius 3 is 1.66 bits per heavy atom. The van der Waals surface area contributed by atoms with E-state index in [1.54, 1.807) is 0 Å². The average Bonchev–Trinajstić information content (AvgIpc) is 3.23. The third-order valence-corrected chi connectivity index (χ3v) is 6.80. The zero-order valence-electron chi connectivity index (χ0n) is 21.4. The van der Waals surface area contributed by atoms with Crippen molar-refractivity contribution in [2.24, 2.45) is 0 Å². The van der Waals surface area contributed by atoms with Gasteiger partial charge in [-0.1, -0.05) is 122 Å². The summed E-state index contributed by atoms with van der Waals surface area (Å²) in [5.74, 6) is 1.48. The van der Waals surface area contributed by atoms with E-state index in [-0.39, 0.29) is 0 Å². The first-order valence-electron chi connectivity index (χ1n) is 14.0. The summed E-state index contributed by atoms with van der Waals surface area (Å²) in [6.07, 6.45) is 29.5. The van der Waals surface area contributed by atoms with E-state index in [0.29, 0.717) is 0 Å². The van der Waals surface area contributed by atoms with Crippen LogP contribution in [0.2, 0.25) is 0 Å². The van der Waals surface area contributed by atoms with Crippen LogP contribution in [0.3, 0.4) is 0 Å². The van der Waals surface area contributed by atoms with E-state index in [4.69, 9.17) is 0 Å². The number of aromatic nitrogens is 2. The molecule has 0 fully saturated rings. The van der Waals surface area contributed by atoms with E-state index in [0.717, 1.165) is 6.54 Å². The van der Waals surface area contributed by atoms with E-state index in [1.807, 2.05) is 0 Å². The number of benzene rings is 1. The molecule has 32 heavy (non-hydrogen) atoms. The van der Waals surface area contributed by atoms with Crippen LogP contribution >= 0.6 is 0 Å². The zero-order chi connectivity index (χ0) is 22.7. The number of aryl methyl sites for hydroxylation is 1. The quantitative estimate of drug-likeness (QED) is 0.144. The number of unbranched alkanes of at least 4 members (excludes halogenated alkanes) is 15. The third-order valence-electron chi connectivity index (χ3n) is 6.80. The van der Waals surface area contributed by atoms with Crippen molar-refractivity contribution in [3.8, 4) is 5.69 Å². The standard InChI is InChI=1S/C30H51N2/c1-3-5-7-9-10-11-12-13-14-15-16-17-21-25-30-31(26-22-8-6-4-2)27-28-32(30)29-23-19-18-20-24-29/h18-20,23-24,27-28H,3-17,21-22,25-26H2,1-2H3/q+1. The highest BCUT2D eigenvalue weighted by molar-refractivity contribution is 5.31. The Bertz CT molecular complexity index is 673. The summed E-state index contributed by atoms with van der Waals surface area (Å²) in [5.41, 5.74) is 1.30. The van der Waals surface area contributed by atoms with Crippen LogP contribution in [0, 0.1) is 0 Å². The molecular formula is C30H51N2+. The molecule has 0 bridgehead atoms. The van der Waals surface area contributed by atoms with Crippen molar-refractivity contribution in [1.82, 2.24) is 4.57 Å². The fourth-order valence-electron chi connectivity index (χ4n) is 4.76. The summed E-state index contributed by atoms with van der Waals surface area (Å²) >= 11 is 0. The molecule has 0 aliphatic rings. The number of imidazole rings is 1. The summed E-state index contributed by atoms with van der Waals surface area (Å²) in [6, 6.07) is 10.9. The van der Waals surface area contributed by atoms with Crippen LogP contribution in [-0.4, -0.2) is 4.57 Å². The van der Waals surface area contributed by atoms with Crippen LogP contribution in [0.25, 0.3) is 5.69 Å². The third kappa shape index (κ3) is 10.8. The maximum Gasteiger partial charge on any atom is 0.261 e. The van der Waals surface area contributed by atoms with E-state index < -0.39 is 0 Å². The second-order valence-corrected chi connectivity index (χ2v) is 9.67. The normalized spacial score (nSPS) is 11.3. The highest BCUT2D eigenvalue weighted by Crippen LogP contribution is 2.15. The van der Waals surface area contributed by atoms with E-state index >= 15 is 0 Å². The van der Waals surface area contributed by atoms with Gasteiger partial charge < -0.3 is 0 Å². The van der Waals surface area contributed by atoms with Crippen molar-refractivity contribution in [2.45, 2.75) is 136 Å². The van der Waals surface area contributed by atoms with Crippen molar-refractivity contribution < 1.29 is 4.57 Å². The van der Waals surface area contributed by atoms with Gasteiger partial charge in [-0.3, -0.25) is 0 Å². The monoisotopic (exact) mass is 439 g/mol. The Hall–Kier alpha value is -1.57. The lowest BCUT2D eigenvalue weighted by molar-refractivity contribution is -0.704. The first-order valence-corrected chi connectivity index (χ1v) is 14.0. The molecular weight excluding hydrogens is 388 g/mol. The molecule has 0 aliphatic heterocycles. The second-order valence-electron chi connectivity index (χ2n) is 9.67. The van der Waals surface area contributed by atoms with Crippen molar-refractivity contribution in [1.29, 1.82) is 0 Å². The van der Waals surface area contributed by atoms with Crippen LogP contribution in [0.4, 0.5) is 0 Å². The number of nitrogens with zero attached hydrogens (tertiary/aromatic N) is 2. The van der Waals surface area contributed by atoms with Crippen molar-refractivity contribution in [3.63, 3.8) is 0 Å². The Balaban J connectivity index is 1.67. The van der Waals surface area contributed by atoms with Gasteiger partial charge in [0, 0.05) is 6.42 Å². The Kier molecular flexibility index (Phi) is 14.9. The molecule has 1 aromatic carbocycles. The minimum absolute atomic E-state index is 1.16. The van der Waals surface area contributed by atoms with Crippen molar-refractivity contribution in [2.75, 3.05) is 0 Å². The number of hydrogen-bond acceptors (Lipinski definition) is 0. The predicted octanol–water partition coefficient (Wildman–Crippen LogP) is 8.98.